The Morgan fingerprint density at radius 3 is 2.76 bits per heavy atom. The Labute approximate surface area is 128 Å². The minimum Gasteiger partial charge on any atom is -0.329 e. The maximum Gasteiger partial charge on any atom is 0.246 e. The zero-order chi connectivity index (χ0) is 15.1. The monoisotopic (exact) mass is 310 g/mol. The molecule has 0 aliphatic carbocycles. The van der Waals surface area contributed by atoms with Gasteiger partial charge in [0.1, 0.15) is 17.7 Å². The Morgan fingerprint density at radius 1 is 1.33 bits per heavy atom. The van der Waals surface area contributed by atoms with E-state index in [-0.39, 0.29) is 24.4 Å². The molecule has 0 radical (unpaired) electrons. The summed E-state index contributed by atoms with van der Waals surface area (Å²) in [6.45, 7) is 3.06. The molecule has 1 unspecified atom stereocenters. The highest BCUT2D eigenvalue weighted by atomic mass is 35.5. The maximum absolute atomic E-state index is 12.6. The van der Waals surface area contributed by atoms with Gasteiger partial charge in [0.25, 0.3) is 0 Å². The number of hydrogen-bond donors (Lipinski definition) is 0. The third-order valence-corrected chi connectivity index (χ3v) is 4.84. The molecule has 7 heteroatoms. The van der Waals surface area contributed by atoms with E-state index in [1.54, 1.807) is 21.5 Å². The van der Waals surface area contributed by atoms with Crippen molar-refractivity contribution in [3.05, 3.63) is 16.4 Å². The highest BCUT2D eigenvalue weighted by Gasteiger charge is 2.40. The van der Waals surface area contributed by atoms with E-state index in [1.165, 1.54) is 0 Å². The van der Waals surface area contributed by atoms with Crippen LogP contribution in [0.3, 0.4) is 0 Å². The molecule has 0 N–H and O–H groups in total. The molecule has 0 saturated carbocycles. The first-order valence-corrected chi connectivity index (χ1v) is 7.63. The number of amides is 2. The van der Waals surface area contributed by atoms with Crippen LogP contribution in [0, 0.1) is 6.92 Å². The third-order valence-electron chi connectivity index (χ3n) is 4.36. The number of carbonyl (C=O) groups excluding carboxylic acids is 2. The summed E-state index contributed by atoms with van der Waals surface area (Å²) < 4.78 is 1.59. The number of rotatable bonds is 2. The van der Waals surface area contributed by atoms with Crippen LogP contribution in [0.5, 0.6) is 0 Å². The number of halogens is 1. The molecule has 3 rings (SSSR count). The molecule has 6 nitrogen and oxygen atoms in total. The van der Waals surface area contributed by atoms with Gasteiger partial charge < -0.3 is 9.80 Å². The molecule has 2 fully saturated rings. The van der Waals surface area contributed by atoms with Crippen molar-refractivity contribution in [3.8, 4) is 0 Å². The number of aromatic nitrogens is 2. The van der Waals surface area contributed by atoms with Crippen LogP contribution in [0.25, 0.3) is 0 Å². The summed E-state index contributed by atoms with van der Waals surface area (Å²) in [5.74, 6) is 0.0746. The smallest absolute Gasteiger partial charge is 0.246 e. The van der Waals surface area contributed by atoms with Crippen molar-refractivity contribution in [1.82, 2.24) is 19.6 Å². The first-order valence-electron chi connectivity index (χ1n) is 7.25. The van der Waals surface area contributed by atoms with Crippen molar-refractivity contribution in [3.63, 3.8) is 0 Å². The first-order chi connectivity index (χ1) is 9.99. The number of fused-ring (bicyclic) bond motifs is 1. The highest BCUT2D eigenvalue weighted by molar-refractivity contribution is 6.30. The average Bonchev–Trinajstić information content (AvgIpc) is 2.71. The summed E-state index contributed by atoms with van der Waals surface area (Å²) in [4.78, 5) is 28.2. The summed E-state index contributed by atoms with van der Waals surface area (Å²) in [5.41, 5.74) is 1.62. The molecule has 21 heavy (non-hydrogen) atoms. The van der Waals surface area contributed by atoms with E-state index in [0.717, 1.165) is 30.5 Å². The molecule has 0 aromatic carbocycles. The lowest BCUT2D eigenvalue weighted by molar-refractivity contribution is -0.158. The lowest BCUT2D eigenvalue weighted by Gasteiger charge is -2.42. The Bertz CT molecular complexity index is 598. The van der Waals surface area contributed by atoms with Crippen molar-refractivity contribution in [1.29, 1.82) is 0 Å². The maximum atomic E-state index is 12.6. The normalized spacial score (nSPS) is 22.7. The molecule has 1 aromatic heterocycles. The second-order valence-corrected chi connectivity index (χ2v) is 6.13. The van der Waals surface area contributed by atoms with Gasteiger partial charge in [-0.3, -0.25) is 14.3 Å². The highest BCUT2D eigenvalue weighted by Crippen LogP contribution is 2.26. The van der Waals surface area contributed by atoms with Crippen molar-refractivity contribution in [2.75, 3.05) is 13.1 Å². The Morgan fingerprint density at radius 2 is 2.10 bits per heavy atom. The Balaban J connectivity index is 1.82. The predicted molar refractivity (Wildman–Crippen MR) is 77.7 cm³/mol. The summed E-state index contributed by atoms with van der Waals surface area (Å²) in [6.07, 6.45) is 2.75. The molecule has 3 heterocycles. The lowest BCUT2D eigenvalue weighted by Crippen LogP contribution is -2.60. The quantitative estimate of drug-likeness (QED) is 0.822. The van der Waals surface area contributed by atoms with Gasteiger partial charge in [-0.2, -0.15) is 5.10 Å². The van der Waals surface area contributed by atoms with Crippen LogP contribution in [0.1, 0.15) is 30.5 Å². The van der Waals surface area contributed by atoms with Crippen LogP contribution in [0.4, 0.5) is 0 Å². The van der Waals surface area contributed by atoms with Gasteiger partial charge >= 0.3 is 0 Å². The van der Waals surface area contributed by atoms with Crippen molar-refractivity contribution in [2.24, 2.45) is 7.05 Å². The molecule has 1 aromatic rings. The summed E-state index contributed by atoms with van der Waals surface area (Å²) in [6, 6.07) is -0.282. The van der Waals surface area contributed by atoms with Gasteiger partial charge in [0.05, 0.1) is 12.2 Å². The largest absolute Gasteiger partial charge is 0.329 e. The second kappa shape index (κ2) is 5.33. The molecule has 0 bridgehead atoms. The van der Waals surface area contributed by atoms with E-state index >= 15 is 0 Å². The van der Waals surface area contributed by atoms with Crippen molar-refractivity contribution < 1.29 is 9.59 Å². The van der Waals surface area contributed by atoms with Gasteiger partial charge in [-0.05, 0) is 26.2 Å². The second-order valence-electron chi connectivity index (χ2n) is 5.77. The van der Waals surface area contributed by atoms with E-state index in [2.05, 4.69) is 5.10 Å². The summed E-state index contributed by atoms with van der Waals surface area (Å²) >= 11 is 6.22. The fourth-order valence-corrected chi connectivity index (χ4v) is 3.44. The van der Waals surface area contributed by atoms with Crippen LogP contribution in [-0.2, 0) is 23.2 Å². The van der Waals surface area contributed by atoms with E-state index in [0.29, 0.717) is 18.2 Å². The first kappa shape index (κ1) is 14.4. The van der Waals surface area contributed by atoms with E-state index in [9.17, 15) is 9.59 Å². The van der Waals surface area contributed by atoms with Crippen LogP contribution in [0.2, 0.25) is 5.15 Å². The van der Waals surface area contributed by atoms with E-state index in [1.807, 2.05) is 6.92 Å². The van der Waals surface area contributed by atoms with Gasteiger partial charge in [0, 0.05) is 19.2 Å². The molecule has 0 spiro atoms. The van der Waals surface area contributed by atoms with Crippen molar-refractivity contribution in [2.45, 2.75) is 38.8 Å². The van der Waals surface area contributed by atoms with Crippen LogP contribution in [0.15, 0.2) is 0 Å². The molecule has 1 atom stereocenters. The number of piperidine rings is 1. The third kappa shape index (κ3) is 2.41. The van der Waals surface area contributed by atoms with Crippen LogP contribution >= 0.6 is 11.6 Å². The van der Waals surface area contributed by atoms with Gasteiger partial charge in [-0.25, -0.2) is 0 Å². The van der Waals surface area contributed by atoms with E-state index < -0.39 is 0 Å². The zero-order valence-electron chi connectivity index (χ0n) is 12.3. The number of carbonyl (C=O) groups is 2. The molecular weight excluding hydrogens is 292 g/mol. The summed E-state index contributed by atoms with van der Waals surface area (Å²) in [5, 5.41) is 4.78. The minimum absolute atomic E-state index is 0.0358. The standard InChI is InChI=1S/C14H19ClN4O2/c1-9-10(13(15)17(2)16-9)7-18-8-12(20)19-6-4-3-5-11(19)14(18)21/h11H,3-8H2,1-2H3. The van der Waals surface area contributed by atoms with Gasteiger partial charge in [0.2, 0.25) is 11.8 Å². The van der Waals surface area contributed by atoms with Crippen molar-refractivity contribution >= 4 is 23.4 Å². The fourth-order valence-electron chi connectivity index (χ4n) is 3.21. The average molecular weight is 311 g/mol. The number of aryl methyl sites for hydroxylation is 2. The van der Waals surface area contributed by atoms with Gasteiger partial charge in [0.15, 0.2) is 0 Å². The topological polar surface area (TPSA) is 58.4 Å². The van der Waals surface area contributed by atoms with Gasteiger partial charge in [-0.1, -0.05) is 11.6 Å². The Hall–Kier alpha value is -1.56. The SMILES string of the molecule is Cc1nn(C)c(Cl)c1CN1CC(=O)N2CCCCC2C1=O. The number of piperazine rings is 1. The van der Waals surface area contributed by atoms with Gasteiger partial charge in [-0.15, -0.1) is 0 Å². The lowest BCUT2D eigenvalue weighted by atomic mass is 9.98. The Kier molecular flexibility index (Phi) is 3.65. The molecule has 2 aliphatic heterocycles. The zero-order valence-corrected chi connectivity index (χ0v) is 13.1. The number of hydrogen-bond acceptors (Lipinski definition) is 3. The van der Waals surface area contributed by atoms with E-state index in [4.69, 9.17) is 11.6 Å². The van der Waals surface area contributed by atoms with Crippen LogP contribution < -0.4 is 0 Å². The molecule has 2 aliphatic rings. The predicted octanol–water partition coefficient (Wildman–Crippen LogP) is 1.11. The molecule has 2 amide bonds. The number of nitrogens with zero attached hydrogens (tertiary/aromatic N) is 4. The minimum atomic E-state index is -0.282. The fraction of sp³-hybridized carbons (Fsp3) is 0.643. The molecular formula is C14H19ClN4O2. The molecule has 2 saturated heterocycles. The summed E-state index contributed by atoms with van der Waals surface area (Å²) in [7, 11) is 1.77. The van der Waals surface area contributed by atoms with Crippen LogP contribution in [-0.4, -0.2) is 50.5 Å². The molecule has 114 valence electrons.